The maximum Gasteiger partial charge on any atom is 0.416 e. The number of amides is 1. The molecular formula is C22H19F3N4O5. The topological polar surface area (TPSA) is 105 Å². The lowest BCUT2D eigenvalue weighted by Crippen LogP contribution is -2.22. The van der Waals surface area contributed by atoms with Crippen LogP contribution in [0.2, 0.25) is 0 Å². The number of nitrogens with one attached hydrogen (secondary N) is 1. The Morgan fingerprint density at radius 1 is 1.12 bits per heavy atom. The van der Waals surface area contributed by atoms with Gasteiger partial charge >= 0.3 is 12.1 Å². The summed E-state index contributed by atoms with van der Waals surface area (Å²) in [4.78, 5) is 27.5. The number of ether oxygens (including phenoxy) is 3. The normalized spacial score (nSPS) is 11.3. The van der Waals surface area contributed by atoms with Gasteiger partial charge in [-0.3, -0.25) is 4.79 Å². The first-order valence-corrected chi connectivity index (χ1v) is 9.64. The maximum atomic E-state index is 13.2. The monoisotopic (exact) mass is 476 g/mol. The van der Waals surface area contributed by atoms with Crippen LogP contribution in [0.3, 0.4) is 0 Å². The molecule has 0 atom stereocenters. The highest BCUT2D eigenvalue weighted by molar-refractivity contribution is 5.94. The zero-order valence-electron chi connectivity index (χ0n) is 18.0. The number of hydrogen-bond acceptors (Lipinski definition) is 7. The van der Waals surface area contributed by atoms with E-state index >= 15 is 0 Å². The van der Waals surface area contributed by atoms with Crippen molar-refractivity contribution < 1.29 is 37.0 Å². The predicted molar refractivity (Wildman–Crippen MR) is 115 cm³/mol. The molecule has 0 saturated carbocycles. The van der Waals surface area contributed by atoms with E-state index < -0.39 is 30.2 Å². The highest BCUT2D eigenvalue weighted by atomic mass is 19.4. The van der Waals surface area contributed by atoms with Gasteiger partial charge in [-0.2, -0.15) is 18.3 Å². The number of anilines is 1. The Kier molecular flexibility index (Phi) is 7.51. The van der Waals surface area contributed by atoms with Crippen molar-refractivity contribution in [1.29, 1.82) is 0 Å². The number of nitrogens with zero attached hydrogens (tertiary/aromatic N) is 3. The quantitative estimate of drug-likeness (QED) is 0.392. The van der Waals surface area contributed by atoms with Crippen molar-refractivity contribution in [3.63, 3.8) is 0 Å². The molecule has 0 fully saturated rings. The number of benzene rings is 2. The number of halogens is 3. The molecule has 0 unspecified atom stereocenters. The van der Waals surface area contributed by atoms with Gasteiger partial charge in [-0.15, -0.1) is 0 Å². The van der Waals surface area contributed by atoms with Crippen LogP contribution in [0.5, 0.6) is 11.5 Å². The smallest absolute Gasteiger partial charge is 0.416 e. The third-order valence-electron chi connectivity index (χ3n) is 4.42. The fourth-order valence-electron chi connectivity index (χ4n) is 2.81. The SMILES string of the molecule is COC(=O)/C=C\c1ccc(OCC(=O)Nc2cc(C(F)(F)F)ccc2-n2cncn2)c(OC)c1. The van der Waals surface area contributed by atoms with Gasteiger partial charge in [0.1, 0.15) is 12.7 Å². The van der Waals surface area contributed by atoms with E-state index in [1.165, 1.54) is 55.8 Å². The van der Waals surface area contributed by atoms with Crippen molar-refractivity contribution in [2.45, 2.75) is 6.18 Å². The summed E-state index contributed by atoms with van der Waals surface area (Å²) in [5, 5.41) is 6.31. The molecule has 0 aliphatic carbocycles. The number of methoxy groups -OCH3 is 2. The van der Waals surface area contributed by atoms with Crippen molar-refractivity contribution in [2.75, 3.05) is 26.1 Å². The fraction of sp³-hybridized carbons (Fsp3) is 0.182. The molecule has 34 heavy (non-hydrogen) atoms. The fourth-order valence-corrected chi connectivity index (χ4v) is 2.81. The number of carbonyl (C=O) groups excluding carboxylic acids is 2. The van der Waals surface area contributed by atoms with Crippen molar-refractivity contribution >= 4 is 23.6 Å². The maximum absolute atomic E-state index is 13.2. The summed E-state index contributed by atoms with van der Waals surface area (Å²) in [6.45, 7) is -0.513. The van der Waals surface area contributed by atoms with Crippen LogP contribution >= 0.6 is 0 Å². The highest BCUT2D eigenvalue weighted by Crippen LogP contribution is 2.33. The Balaban J connectivity index is 1.75. The van der Waals surface area contributed by atoms with Gasteiger partial charge in [0.05, 0.1) is 31.2 Å². The summed E-state index contributed by atoms with van der Waals surface area (Å²) in [6.07, 6.45) is 0.626. The number of hydrogen-bond donors (Lipinski definition) is 1. The number of rotatable bonds is 8. The first-order chi connectivity index (χ1) is 16.2. The van der Waals surface area contributed by atoms with Crippen molar-refractivity contribution in [3.05, 3.63) is 66.3 Å². The zero-order valence-corrected chi connectivity index (χ0v) is 18.0. The van der Waals surface area contributed by atoms with Gasteiger partial charge in [-0.05, 0) is 42.0 Å². The van der Waals surface area contributed by atoms with E-state index in [1.807, 2.05) is 0 Å². The van der Waals surface area contributed by atoms with Crippen LogP contribution in [0.1, 0.15) is 11.1 Å². The van der Waals surface area contributed by atoms with E-state index in [4.69, 9.17) is 9.47 Å². The van der Waals surface area contributed by atoms with Gasteiger partial charge in [0, 0.05) is 6.08 Å². The number of aromatic nitrogens is 3. The molecule has 1 aromatic heterocycles. The highest BCUT2D eigenvalue weighted by Gasteiger charge is 2.31. The van der Waals surface area contributed by atoms with Crippen molar-refractivity contribution in [1.82, 2.24) is 14.8 Å². The van der Waals surface area contributed by atoms with Crippen LogP contribution in [-0.4, -0.2) is 47.5 Å². The van der Waals surface area contributed by atoms with E-state index in [0.29, 0.717) is 5.56 Å². The molecule has 0 saturated heterocycles. The van der Waals surface area contributed by atoms with Crippen LogP contribution in [0, 0.1) is 0 Å². The van der Waals surface area contributed by atoms with Gasteiger partial charge < -0.3 is 19.5 Å². The standard InChI is InChI=1S/C22H19F3N4O5/c1-32-19-9-14(4-8-21(31)33-2)3-7-18(19)34-11-20(30)28-16-10-15(22(23,24)25)5-6-17(16)29-13-26-12-27-29/h3-10,12-13H,11H2,1-2H3,(H,28,30)/b8-4-. The molecule has 3 aromatic rings. The second-order valence-electron chi connectivity index (χ2n) is 6.67. The molecule has 2 aromatic carbocycles. The summed E-state index contributed by atoms with van der Waals surface area (Å²) < 4.78 is 56.0. The van der Waals surface area contributed by atoms with E-state index in [9.17, 15) is 22.8 Å². The summed E-state index contributed by atoms with van der Waals surface area (Å²) >= 11 is 0. The van der Waals surface area contributed by atoms with Crippen LogP contribution in [0.25, 0.3) is 11.8 Å². The van der Waals surface area contributed by atoms with Crippen molar-refractivity contribution in [3.8, 4) is 17.2 Å². The summed E-state index contributed by atoms with van der Waals surface area (Å²) in [6, 6.07) is 7.57. The Morgan fingerprint density at radius 2 is 1.91 bits per heavy atom. The largest absolute Gasteiger partial charge is 0.493 e. The minimum absolute atomic E-state index is 0.121. The lowest BCUT2D eigenvalue weighted by atomic mass is 10.1. The van der Waals surface area contributed by atoms with Crippen LogP contribution in [0.4, 0.5) is 18.9 Å². The molecule has 9 nitrogen and oxygen atoms in total. The molecule has 0 aliphatic heterocycles. The Morgan fingerprint density at radius 3 is 2.56 bits per heavy atom. The molecule has 0 spiro atoms. The number of esters is 1. The Labute approximate surface area is 191 Å². The van der Waals surface area contributed by atoms with Gasteiger partial charge in [-0.25, -0.2) is 14.5 Å². The third kappa shape index (κ3) is 6.12. The van der Waals surface area contributed by atoms with Crippen LogP contribution in [0.15, 0.2) is 55.1 Å². The predicted octanol–water partition coefficient (Wildman–Crippen LogP) is 3.50. The Bertz CT molecular complexity index is 1190. The molecule has 178 valence electrons. The lowest BCUT2D eigenvalue weighted by Gasteiger charge is -2.15. The third-order valence-corrected chi connectivity index (χ3v) is 4.42. The molecule has 1 amide bonds. The molecular weight excluding hydrogens is 457 g/mol. The lowest BCUT2D eigenvalue weighted by molar-refractivity contribution is -0.137. The number of alkyl halides is 3. The summed E-state index contributed by atoms with van der Waals surface area (Å²) in [7, 11) is 2.65. The first-order valence-electron chi connectivity index (χ1n) is 9.64. The van der Waals surface area contributed by atoms with Gasteiger partial charge in [0.25, 0.3) is 5.91 Å². The van der Waals surface area contributed by atoms with E-state index in [-0.39, 0.29) is 22.9 Å². The molecule has 3 rings (SSSR count). The minimum Gasteiger partial charge on any atom is -0.493 e. The van der Waals surface area contributed by atoms with Crippen LogP contribution in [-0.2, 0) is 20.5 Å². The molecule has 12 heteroatoms. The second-order valence-corrected chi connectivity index (χ2v) is 6.67. The zero-order chi connectivity index (χ0) is 24.7. The summed E-state index contributed by atoms with van der Waals surface area (Å²) in [5.74, 6) is -0.746. The van der Waals surface area contributed by atoms with Gasteiger partial charge in [0.15, 0.2) is 18.1 Å². The van der Waals surface area contributed by atoms with Gasteiger partial charge in [0.2, 0.25) is 0 Å². The average Bonchev–Trinajstić information content (AvgIpc) is 3.35. The second kappa shape index (κ2) is 10.5. The molecule has 0 radical (unpaired) electrons. The van der Waals surface area contributed by atoms with E-state index in [2.05, 4.69) is 20.1 Å². The summed E-state index contributed by atoms with van der Waals surface area (Å²) in [5.41, 5.74) is -0.257. The molecule has 1 heterocycles. The average molecular weight is 476 g/mol. The van der Waals surface area contributed by atoms with Gasteiger partial charge in [-0.1, -0.05) is 6.07 Å². The molecule has 0 aliphatic rings. The first kappa shape index (κ1) is 24.3. The Hall–Kier alpha value is -4.35. The molecule has 0 bridgehead atoms. The minimum atomic E-state index is -4.60. The van der Waals surface area contributed by atoms with Crippen LogP contribution < -0.4 is 14.8 Å². The van der Waals surface area contributed by atoms with E-state index in [0.717, 1.165) is 12.1 Å². The molecule has 1 N–H and O–H groups in total. The van der Waals surface area contributed by atoms with E-state index in [1.54, 1.807) is 12.1 Å². The van der Waals surface area contributed by atoms with Crippen molar-refractivity contribution in [2.24, 2.45) is 0 Å². The number of carbonyl (C=O) groups is 2.